The van der Waals surface area contributed by atoms with Gasteiger partial charge >= 0.3 is 0 Å². The van der Waals surface area contributed by atoms with Crippen LogP contribution in [0, 0.1) is 5.82 Å². The number of hydrogen-bond acceptors (Lipinski definition) is 4. The summed E-state index contributed by atoms with van der Waals surface area (Å²) >= 11 is 3.26. The maximum Gasteiger partial charge on any atom is 0.191 e. The molecule has 0 N–H and O–H groups in total. The van der Waals surface area contributed by atoms with E-state index in [-0.39, 0.29) is 11.9 Å². The van der Waals surface area contributed by atoms with Gasteiger partial charge in [-0.05, 0) is 12.1 Å². The maximum absolute atomic E-state index is 13.8. The molecule has 0 amide bonds. The van der Waals surface area contributed by atoms with Gasteiger partial charge in [0.2, 0.25) is 0 Å². The monoisotopic (exact) mass is 343 g/mol. The van der Waals surface area contributed by atoms with Gasteiger partial charge in [0, 0.05) is 22.0 Å². The third-order valence-electron chi connectivity index (χ3n) is 3.73. The predicted molar refractivity (Wildman–Crippen MR) is 92.3 cm³/mol. The Balaban J connectivity index is 1.58. The van der Waals surface area contributed by atoms with Crippen LogP contribution in [0.4, 0.5) is 4.39 Å². The van der Waals surface area contributed by atoms with Gasteiger partial charge < -0.3 is 0 Å². The molecule has 0 bridgehead atoms. The van der Waals surface area contributed by atoms with Gasteiger partial charge in [-0.1, -0.05) is 54.2 Å². The molecule has 116 valence electrons. The highest BCUT2D eigenvalue weighted by molar-refractivity contribution is 8.00. The highest BCUT2D eigenvalue weighted by atomic mass is 32.2. The van der Waals surface area contributed by atoms with Crippen LogP contribution in [-0.4, -0.2) is 26.3 Å². The minimum absolute atomic E-state index is 0.157. The molecule has 1 aromatic heterocycles. The molecular formula is C17H14FN3S2. The average Bonchev–Trinajstić information content (AvgIpc) is 3.17. The zero-order chi connectivity index (χ0) is 15.6. The summed E-state index contributed by atoms with van der Waals surface area (Å²) in [5.41, 5.74) is 1.06. The Morgan fingerprint density at radius 3 is 2.70 bits per heavy atom. The Kier molecular flexibility index (Phi) is 4.10. The number of thioether (sulfide) groups is 2. The van der Waals surface area contributed by atoms with Crippen molar-refractivity contribution in [2.45, 2.75) is 16.1 Å². The smallest absolute Gasteiger partial charge is 0.191 e. The Labute approximate surface area is 142 Å². The summed E-state index contributed by atoms with van der Waals surface area (Å²) in [5, 5.41) is 9.58. The van der Waals surface area contributed by atoms with Gasteiger partial charge in [-0.15, -0.1) is 22.0 Å². The number of rotatable bonds is 4. The Hall–Kier alpha value is -1.79. The molecule has 23 heavy (non-hydrogen) atoms. The van der Waals surface area contributed by atoms with E-state index in [1.54, 1.807) is 29.6 Å². The second kappa shape index (κ2) is 6.37. The first-order valence-electron chi connectivity index (χ1n) is 7.33. The summed E-state index contributed by atoms with van der Waals surface area (Å²) in [6, 6.07) is 17.3. The molecule has 0 fully saturated rings. The first-order valence-corrected chi connectivity index (χ1v) is 9.30. The second-order valence-electron chi connectivity index (χ2n) is 5.25. The summed E-state index contributed by atoms with van der Waals surface area (Å²) < 4.78 is 16.0. The van der Waals surface area contributed by atoms with Gasteiger partial charge in [0.25, 0.3) is 0 Å². The molecule has 0 saturated heterocycles. The van der Waals surface area contributed by atoms with E-state index in [9.17, 15) is 4.39 Å². The lowest BCUT2D eigenvalue weighted by atomic mass is 10.2. The van der Waals surface area contributed by atoms with Gasteiger partial charge in [-0.2, -0.15) is 0 Å². The van der Waals surface area contributed by atoms with Crippen molar-refractivity contribution >= 4 is 23.5 Å². The number of benzene rings is 2. The van der Waals surface area contributed by atoms with Crippen LogP contribution < -0.4 is 0 Å². The SMILES string of the molecule is Fc1ccccc1SC[C@@H]1CSc2nnc(-c3ccccc3)n21. The largest absolute Gasteiger partial charge is 0.297 e. The summed E-state index contributed by atoms with van der Waals surface area (Å²) in [4.78, 5) is 0.695. The molecule has 1 aliphatic heterocycles. The van der Waals surface area contributed by atoms with E-state index in [4.69, 9.17) is 0 Å². The zero-order valence-corrected chi connectivity index (χ0v) is 13.9. The quantitative estimate of drug-likeness (QED) is 0.652. The maximum atomic E-state index is 13.8. The fraction of sp³-hybridized carbons (Fsp3) is 0.176. The van der Waals surface area contributed by atoms with Crippen molar-refractivity contribution in [3.8, 4) is 11.4 Å². The molecule has 4 rings (SSSR count). The first-order chi connectivity index (χ1) is 11.3. The van der Waals surface area contributed by atoms with E-state index in [0.29, 0.717) is 4.90 Å². The third-order valence-corrected chi connectivity index (χ3v) is 6.02. The molecule has 0 radical (unpaired) electrons. The van der Waals surface area contributed by atoms with Crippen molar-refractivity contribution in [3.63, 3.8) is 0 Å². The van der Waals surface area contributed by atoms with Crippen LogP contribution >= 0.6 is 23.5 Å². The van der Waals surface area contributed by atoms with E-state index in [1.165, 1.54) is 6.07 Å². The minimum Gasteiger partial charge on any atom is -0.297 e. The molecule has 0 aliphatic carbocycles. The minimum atomic E-state index is -0.157. The zero-order valence-electron chi connectivity index (χ0n) is 12.2. The van der Waals surface area contributed by atoms with Crippen molar-refractivity contribution in [1.29, 1.82) is 0 Å². The fourth-order valence-corrected chi connectivity index (χ4v) is 4.85. The van der Waals surface area contributed by atoms with Crippen LogP contribution in [0.2, 0.25) is 0 Å². The number of aromatic nitrogens is 3. The van der Waals surface area contributed by atoms with Crippen LogP contribution in [-0.2, 0) is 0 Å². The molecule has 0 spiro atoms. The van der Waals surface area contributed by atoms with E-state index < -0.39 is 0 Å². The van der Waals surface area contributed by atoms with Crippen LogP contribution in [0.15, 0.2) is 64.6 Å². The van der Waals surface area contributed by atoms with Gasteiger partial charge in [0.1, 0.15) is 5.82 Å². The van der Waals surface area contributed by atoms with Crippen molar-refractivity contribution in [3.05, 3.63) is 60.4 Å². The Bertz CT molecular complexity index is 820. The molecule has 3 nitrogen and oxygen atoms in total. The van der Waals surface area contributed by atoms with Crippen LogP contribution in [0.25, 0.3) is 11.4 Å². The molecule has 6 heteroatoms. The van der Waals surface area contributed by atoms with Crippen molar-refractivity contribution in [2.24, 2.45) is 0 Å². The molecule has 3 aromatic rings. The van der Waals surface area contributed by atoms with Gasteiger partial charge in [-0.3, -0.25) is 4.57 Å². The predicted octanol–water partition coefficient (Wildman–Crippen LogP) is 4.52. The number of fused-ring (bicyclic) bond motifs is 1. The van der Waals surface area contributed by atoms with Crippen molar-refractivity contribution in [1.82, 2.24) is 14.8 Å². The molecule has 2 aromatic carbocycles. The van der Waals surface area contributed by atoms with E-state index >= 15 is 0 Å². The Morgan fingerprint density at radius 2 is 1.87 bits per heavy atom. The van der Waals surface area contributed by atoms with Gasteiger partial charge in [-0.25, -0.2) is 4.39 Å². The fourth-order valence-electron chi connectivity index (χ4n) is 2.60. The summed E-state index contributed by atoms with van der Waals surface area (Å²) in [7, 11) is 0. The number of hydrogen-bond donors (Lipinski definition) is 0. The molecule has 0 unspecified atom stereocenters. The molecule has 2 heterocycles. The van der Waals surface area contributed by atoms with Gasteiger partial charge in [0.05, 0.1) is 6.04 Å². The van der Waals surface area contributed by atoms with Crippen molar-refractivity contribution < 1.29 is 4.39 Å². The molecule has 0 saturated carbocycles. The highest BCUT2D eigenvalue weighted by Gasteiger charge is 2.28. The third kappa shape index (κ3) is 2.88. The lowest BCUT2D eigenvalue weighted by molar-refractivity contribution is 0.590. The lowest BCUT2D eigenvalue weighted by Gasteiger charge is -2.14. The number of halogens is 1. The summed E-state index contributed by atoms with van der Waals surface area (Å²) in [6.07, 6.45) is 0. The summed E-state index contributed by atoms with van der Waals surface area (Å²) in [5.74, 6) is 2.49. The number of nitrogens with zero attached hydrogens (tertiary/aromatic N) is 3. The Morgan fingerprint density at radius 1 is 1.09 bits per heavy atom. The molecule has 1 aliphatic rings. The first kappa shape index (κ1) is 14.8. The van der Waals surface area contributed by atoms with E-state index in [1.807, 2.05) is 42.5 Å². The van der Waals surface area contributed by atoms with Crippen LogP contribution in [0.5, 0.6) is 0 Å². The van der Waals surface area contributed by atoms with Gasteiger partial charge in [0.15, 0.2) is 11.0 Å². The van der Waals surface area contributed by atoms with Crippen molar-refractivity contribution in [2.75, 3.05) is 11.5 Å². The molecular weight excluding hydrogens is 329 g/mol. The second-order valence-corrected chi connectivity index (χ2v) is 7.30. The van der Waals surface area contributed by atoms with E-state index in [2.05, 4.69) is 14.8 Å². The molecule has 1 atom stereocenters. The van der Waals surface area contributed by atoms with Crippen LogP contribution in [0.3, 0.4) is 0 Å². The standard InChI is InChI=1S/C17H14FN3S2/c18-14-8-4-5-9-15(14)22-10-13-11-23-17-20-19-16(21(13)17)12-6-2-1-3-7-12/h1-9,13H,10-11H2/t13-/m1/s1. The summed E-state index contributed by atoms with van der Waals surface area (Å²) in [6.45, 7) is 0. The normalized spacial score (nSPS) is 16.5. The average molecular weight is 343 g/mol. The topological polar surface area (TPSA) is 30.7 Å². The van der Waals surface area contributed by atoms with Crippen LogP contribution in [0.1, 0.15) is 6.04 Å². The highest BCUT2D eigenvalue weighted by Crippen LogP contribution is 2.39. The lowest BCUT2D eigenvalue weighted by Crippen LogP contribution is -2.11. The van der Waals surface area contributed by atoms with E-state index in [0.717, 1.165) is 28.0 Å².